The number of carbonyl (C=O) groups is 2. The fourth-order valence-electron chi connectivity index (χ4n) is 1.63. The third-order valence-electron chi connectivity index (χ3n) is 2.66. The first-order valence-corrected chi connectivity index (χ1v) is 5.99. The van der Waals surface area contributed by atoms with Crippen molar-refractivity contribution in [1.82, 2.24) is 14.9 Å². The van der Waals surface area contributed by atoms with Crippen LogP contribution in [-0.2, 0) is 16.1 Å². The van der Waals surface area contributed by atoms with E-state index in [1.165, 1.54) is 10.8 Å². The van der Waals surface area contributed by atoms with Gasteiger partial charge in [-0.3, -0.25) is 14.2 Å². The molecule has 1 aromatic heterocycles. The minimum Gasteiger partial charge on any atom is -0.481 e. The molecule has 20 heavy (non-hydrogen) atoms. The van der Waals surface area contributed by atoms with Gasteiger partial charge in [0.15, 0.2) is 0 Å². The van der Waals surface area contributed by atoms with E-state index in [2.05, 4.69) is 10.3 Å². The summed E-state index contributed by atoms with van der Waals surface area (Å²) in [5.41, 5.74) is 0. The second-order valence-corrected chi connectivity index (χ2v) is 4.43. The van der Waals surface area contributed by atoms with Crippen molar-refractivity contribution in [2.24, 2.45) is 0 Å². The van der Waals surface area contributed by atoms with Crippen LogP contribution in [0.1, 0.15) is 25.6 Å². The van der Waals surface area contributed by atoms with E-state index < -0.39 is 10.9 Å². The maximum absolute atomic E-state index is 11.7. The van der Waals surface area contributed by atoms with Crippen LogP contribution in [0.4, 0.5) is 5.82 Å². The highest BCUT2D eigenvalue weighted by Crippen LogP contribution is 2.10. The normalized spacial score (nSPS) is 11.9. The lowest BCUT2D eigenvalue weighted by Gasteiger charge is -2.12. The van der Waals surface area contributed by atoms with Gasteiger partial charge < -0.3 is 20.5 Å². The largest absolute Gasteiger partial charge is 0.481 e. The second kappa shape index (κ2) is 6.64. The summed E-state index contributed by atoms with van der Waals surface area (Å²) in [5, 5.41) is 21.7. The maximum Gasteiger partial charge on any atom is 0.381 e. The van der Waals surface area contributed by atoms with E-state index in [0.717, 1.165) is 0 Å². The van der Waals surface area contributed by atoms with Crippen molar-refractivity contribution in [3.05, 3.63) is 22.1 Å². The number of aromatic nitrogens is 2. The molecule has 0 aliphatic heterocycles. The second-order valence-electron chi connectivity index (χ2n) is 4.43. The number of hydrogen-bond acceptors (Lipinski definition) is 5. The molecule has 1 unspecified atom stereocenters. The van der Waals surface area contributed by atoms with Crippen LogP contribution in [0.15, 0.2) is 6.20 Å². The fraction of sp³-hybridized carbons (Fsp3) is 0.545. The summed E-state index contributed by atoms with van der Waals surface area (Å²) in [6.45, 7) is 3.17. The molecule has 9 nitrogen and oxygen atoms in total. The maximum atomic E-state index is 11.7. The molecule has 1 heterocycles. The molecule has 0 aromatic carbocycles. The predicted molar refractivity (Wildman–Crippen MR) is 68.1 cm³/mol. The molecule has 0 bridgehead atoms. The van der Waals surface area contributed by atoms with Crippen molar-refractivity contribution in [3.8, 4) is 0 Å². The van der Waals surface area contributed by atoms with Crippen LogP contribution in [-0.4, -0.2) is 37.5 Å². The van der Waals surface area contributed by atoms with Gasteiger partial charge >= 0.3 is 11.8 Å². The van der Waals surface area contributed by atoms with Gasteiger partial charge in [-0.15, -0.1) is 0 Å². The summed E-state index contributed by atoms with van der Waals surface area (Å²) < 4.78 is 1.37. The van der Waals surface area contributed by atoms with Crippen LogP contribution in [0.3, 0.4) is 0 Å². The average molecular weight is 284 g/mol. The first kappa shape index (κ1) is 15.6. The molecule has 0 saturated heterocycles. The molecule has 0 fully saturated rings. The number of nitrogens with one attached hydrogen (secondary N) is 1. The predicted octanol–water partition coefficient (Wildman–Crippen LogP) is 0.469. The SMILES string of the molecule is Cc1nc([N+](=O)[O-])cn1CC(=O)NC(C)CCC(=O)O. The van der Waals surface area contributed by atoms with Gasteiger partial charge in [0.25, 0.3) is 0 Å². The van der Waals surface area contributed by atoms with Gasteiger partial charge in [0.1, 0.15) is 12.7 Å². The molecule has 1 amide bonds. The monoisotopic (exact) mass is 284 g/mol. The van der Waals surface area contributed by atoms with Crippen molar-refractivity contribution in [3.63, 3.8) is 0 Å². The lowest BCUT2D eigenvalue weighted by Crippen LogP contribution is -2.35. The van der Waals surface area contributed by atoms with Crippen LogP contribution in [0, 0.1) is 17.0 Å². The number of amides is 1. The molecule has 0 saturated carbocycles. The van der Waals surface area contributed by atoms with Gasteiger partial charge in [-0.1, -0.05) is 0 Å². The Morgan fingerprint density at radius 1 is 1.60 bits per heavy atom. The lowest BCUT2D eigenvalue weighted by atomic mass is 10.2. The highest BCUT2D eigenvalue weighted by Gasteiger charge is 2.17. The highest BCUT2D eigenvalue weighted by molar-refractivity contribution is 5.76. The number of carbonyl (C=O) groups excluding carboxylic acids is 1. The van der Waals surface area contributed by atoms with Gasteiger partial charge in [-0.2, -0.15) is 0 Å². The van der Waals surface area contributed by atoms with E-state index in [4.69, 9.17) is 5.11 Å². The zero-order valence-electron chi connectivity index (χ0n) is 11.2. The van der Waals surface area contributed by atoms with E-state index in [1.807, 2.05) is 0 Å². The van der Waals surface area contributed by atoms with Crippen LogP contribution in [0.25, 0.3) is 0 Å². The standard InChI is InChI=1S/C11H16N4O5/c1-7(3-4-11(17)18)12-10(16)6-14-5-9(15(19)20)13-8(14)2/h5,7H,3-4,6H2,1-2H3,(H,12,16)(H,17,18). The molecule has 0 spiro atoms. The van der Waals surface area contributed by atoms with E-state index in [-0.39, 0.29) is 30.7 Å². The van der Waals surface area contributed by atoms with Gasteiger partial charge in [-0.25, -0.2) is 0 Å². The molecule has 0 aliphatic rings. The molecule has 1 aromatic rings. The minimum absolute atomic E-state index is 0.0307. The highest BCUT2D eigenvalue weighted by atomic mass is 16.6. The van der Waals surface area contributed by atoms with Gasteiger partial charge in [0.2, 0.25) is 11.7 Å². The van der Waals surface area contributed by atoms with Crippen molar-refractivity contribution in [2.45, 2.75) is 39.3 Å². The number of aliphatic carboxylic acids is 1. The van der Waals surface area contributed by atoms with Crippen molar-refractivity contribution < 1.29 is 19.6 Å². The summed E-state index contributed by atoms with van der Waals surface area (Å²) in [6, 6.07) is -0.280. The van der Waals surface area contributed by atoms with E-state index in [9.17, 15) is 19.7 Å². The van der Waals surface area contributed by atoms with Crippen LogP contribution in [0.5, 0.6) is 0 Å². The Labute approximate surface area is 114 Å². The Hall–Kier alpha value is -2.45. The molecule has 1 rings (SSSR count). The average Bonchev–Trinajstić information content (AvgIpc) is 2.68. The topological polar surface area (TPSA) is 127 Å². The van der Waals surface area contributed by atoms with Gasteiger partial charge in [0, 0.05) is 19.4 Å². The third-order valence-corrected chi connectivity index (χ3v) is 2.66. The molecular weight excluding hydrogens is 268 g/mol. The fourth-order valence-corrected chi connectivity index (χ4v) is 1.63. The van der Waals surface area contributed by atoms with Gasteiger partial charge in [0.05, 0.1) is 0 Å². The number of hydrogen-bond donors (Lipinski definition) is 2. The zero-order valence-corrected chi connectivity index (χ0v) is 11.2. The molecule has 2 N–H and O–H groups in total. The summed E-state index contributed by atoms with van der Waals surface area (Å²) in [5.74, 6) is -1.22. The number of aryl methyl sites for hydroxylation is 1. The number of rotatable bonds is 7. The number of carboxylic acids is 1. The van der Waals surface area contributed by atoms with Crippen LogP contribution >= 0.6 is 0 Å². The minimum atomic E-state index is -0.924. The summed E-state index contributed by atoms with van der Waals surface area (Å²) >= 11 is 0. The molecule has 0 aliphatic carbocycles. The smallest absolute Gasteiger partial charge is 0.381 e. The lowest BCUT2D eigenvalue weighted by molar-refractivity contribution is -0.389. The Bertz CT molecular complexity index is 525. The first-order chi connectivity index (χ1) is 9.29. The van der Waals surface area contributed by atoms with E-state index in [0.29, 0.717) is 12.2 Å². The number of imidazole rings is 1. The Morgan fingerprint density at radius 2 is 2.25 bits per heavy atom. The van der Waals surface area contributed by atoms with Crippen LogP contribution in [0.2, 0.25) is 0 Å². The molecule has 1 atom stereocenters. The number of nitro groups is 1. The molecule has 9 heteroatoms. The van der Waals surface area contributed by atoms with Crippen molar-refractivity contribution >= 4 is 17.7 Å². The summed E-state index contributed by atoms with van der Waals surface area (Å²) in [6.07, 6.45) is 1.48. The molecule has 0 radical (unpaired) electrons. The molecular formula is C11H16N4O5. The molecule has 110 valence electrons. The van der Waals surface area contributed by atoms with Crippen LogP contribution < -0.4 is 5.32 Å². The zero-order chi connectivity index (χ0) is 15.3. The third kappa shape index (κ3) is 4.67. The van der Waals surface area contributed by atoms with E-state index in [1.54, 1.807) is 13.8 Å². The van der Waals surface area contributed by atoms with Crippen molar-refractivity contribution in [1.29, 1.82) is 0 Å². The summed E-state index contributed by atoms with van der Waals surface area (Å²) in [4.78, 5) is 35.8. The Kier molecular flexibility index (Phi) is 5.18. The summed E-state index contributed by atoms with van der Waals surface area (Å²) in [7, 11) is 0. The first-order valence-electron chi connectivity index (χ1n) is 5.99. The quantitative estimate of drug-likeness (QED) is 0.553. The van der Waals surface area contributed by atoms with E-state index >= 15 is 0 Å². The van der Waals surface area contributed by atoms with Gasteiger partial charge in [-0.05, 0) is 23.3 Å². The Balaban J connectivity index is 2.54. The number of carboxylic acid groups (broad SMARTS) is 1. The Morgan fingerprint density at radius 3 is 2.75 bits per heavy atom. The van der Waals surface area contributed by atoms with Crippen molar-refractivity contribution in [2.75, 3.05) is 0 Å². The number of nitrogens with zero attached hydrogens (tertiary/aromatic N) is 3.